The summed E-state index contributed by atoms with van der Waals surface area (Å²) >= 11 is 5.23. The minimum absolute atomic E-state index is 0.405. The first kappa shape index (κ1) is 14.1. The lowest BCUT2D eigenvalue weighted by Crippen LogP contribution is -2.29. The maximum Gasteiger partial charge on any atom is 0.100 e. The predicted octanol–water partition coefficient (Wildman–Crippen LogP) is 4.80. The van der Waals surface area contributed by atoms with Crippen molar-refractivity contribution < 1.29 is 0 Å². The highest BCUT2D eigenvalue weighted by atomic mass is 79.9. The smallest absolute Gasteiger partial charge is 0.100 e. The molecule has 1 aromatic carbocycles. The van der Waals surface area contributed by atoms with Crippen molar-refractivity contribution in [1.29, 1.82) is 5.26 Å². The van der Waals surface area contributed by atoms with Gasteiger partial charge in [0.1, 0.15) is 6.07 Å². The zero-order chi connectivity index (χ0) is 13.8. The molecule has 0 aliphatic heterocycles. The Morgan fingerprint density at radius 1 is 1.37 bits per heavy atom. The van der Waals surface area contributed by atoms with Crippen LogP contribution in [0.1, 0.15) is 24.3 Å². The molecule has 0 aliphatic carbocycles. The second-order valence-corrected chi connectivity index (χ2v) is 6.46. The Morgan fingerprint density at radius 2 is 2.16 bits per heavy atom. The molecule has 0 radical (unpaired) electrons. The zero-order valence-corrected chi connectivity index (χ0v) is 13.3. The summed E-state index contributed by atoms with van der Waals surface area (Å²) in [4.78, 5) is 3.67. The molecule has 0 spiro atoms. The van der Waals surface area contributed by atoms with Crippen LogP contribution in [-0.4, -0.2) is 6.04 Å². The van der Waals surface area contributed by atoms with Gasteiger partial charge in [-0.15, -0.1) is 11.3 Å². The highest BCUT2D eigenvalue weighted by Crippen LogP contribution is 2.27. The number of hydrogen-bond acceptors (Lipinski definition) is 3. The van der Waals surface area contributed by atoms with Crippen molar-refractivity contribution in [3.05, 3.63) is 50.6 Å². The molecule has 0 fully saturated rings. The SMILES string of the molecule is CC(C)N(Cc1cccs1)c1ccc(C#N)c(Br)c1. The van der Waals surface area contributed by atoms with Crippen LogP contribution in [0.5, 0.6) is 0 Å². The fraction of sp³-hybridized carbons (Fsp3) is 0.267. The molecule has 2 aromatic rings. The zero-order valence-electron chi connectivity index (χ0n) is 10.9. The summed E-state index contributed by atoms with van der Waals surface area (Å²) < 4.78 is 0.851. The van der Waals surface area contributed by atoms with Crippen LogP contribution in [0.25, 0.3) is 0 Å². The summed E-state index contributed by atoms with van der Waals surface area (Å²) in [6.45, 7) is 5.26. The number of nitriles is 1. The first-order valence-electron chi connectivity index (χ1n) is 6.10. The van der Waals surface area contributed by atoms with Crippen LogP contribution < -0.4 is 4.90 Å². The average Bonchev–Trinajstić information content (AvgIpc) is 2.88. The molecule has 1 heterocycles. The van der Waals surface area contributed by atoms with Gasteiger partial charge in [0.25, 0.3) is 0 Å². The van der Waals surface area contributed by atoms with Crippen molar-refractivity contribution in [2.45, 2.75) is 26.4 Å². The molecule has 0 aliphatic rings. The summed E-state index contributed by atoms with van der Waals surface area (Å²) in [5.74, 6) is 0. The van der Waals surface area contributed by atoms with Gasteiger partial charge in [-0.3, -0.25) is 0 Å². The summed E-state index contributed by atoms with van der Waals surface area (Å²) in [6.07, 6.45) is 0. The Balaban J connectivity index is 2.29. The Kier molecular flexibility index (Phi) is 4.62. The predicted molar refractivity (Wildman–Crippen MR) is 84.5 cm³/mol. The minimum Gasteiger partial charge on any atom is -0.364 e. The number of anilines is 1. The minimum atomic E-state index is 0.405. The maximum atomic E-state index is 8.97. The standard InChI is InChI=1S/C15H15BrN2S/c1-11(2)18(10-14-4-3-7-19-14)13-6-5-12(9-17)15(16)8-13/h3-8,11H,10H2,1-2H3. The van der Waals surface area contributed by atoms with E-state index in [9.17, 15) is 0 Å². The molecule has 4 heteroatoms. The van der Waals surface area contributed by atoms with Gasteiger partial charge in [-0.1, -0.05) is 6.07 Å². The van der Waals surface area contributed by atoms with Gasteiger partial charge in [-0.25, -0.2) is 0 Å². The molecule has 2 rings (SSSR count). The van der Waals surface area contributed by atoms with E-state index in [0.29, 0.717) is 11.6 Å². The van der Waals surface area contributed by atoms with E-state index in [2.05, 4.69) is 58.3 Å². The third-order valence-electron chi connectivity index (χ3n) is 2.93. The number of benzene rings is 1. The number of rotatable bonds is 4. The Morgan fingerprint density at radius 3 is 2.68 bits per heavy atom. The van der Waals surface area contributed by atoms with Gasteiger partial charge in [0.15, 0.2) is 0 Å². The number of nitrogens with zero attached hydrogens (tertiary/aromatic N) is 2. The van der Waals surface area contributed by atoms with Gasteiger partial charge in [0, 0.05) is 21.1 Å². The lowest BCUT2D eigenvalue weighted by Gasteiger charge is -2.29. The Hall–Kier alpha value is -1.31. The highest BCUT2D eigenvalue weighted by molar-refractivity contribution is 9.10. The van der Waals surface area contributed by atoms with Crippen molar-refractivity contribution >= 4 is 33.0 Å². The summed E-state index contributed by atoms with van der Waals surface area (Å²) in [5, 5.41) is 11.1. The van der Waals surface area contributed by atoms with Crippen LogP contribution in [0.2, 0.25) is 0 Å². The van der Waals surface area contributed by atoms with Gasteiger partial charge in [-0.2, -0.15) is 5.26 Å². The Labute approximate surface area is 126 Å². The van der Waals surface area contributed by atoms with Crippen LogP contribution in [0.4, 0.5) is 5.69 Å². The summed E-state index contributed by atoms with van der Waals surface area (Å²) in [5.41, 5.74) is 1.80. The maximum absolute atomic E-state index is 8.97. The topological polar surface area (TPSA) is 27.0 Å². The van der Waals surface area contributed by atoms with E-state index in [0.717, 1.165) is 16.7 Å². The lowest BCUT2D eigenvalue weighted by atomic mass is 10.2. The van der Waals surface area contributed by atoms with Crippen molar-refractivity contribution in [2.75, 3.05) is 4.90 Å². The molecule has 19 heavy (non-hydrogen) atoms. The van der Waals surface area contributed by atoms with Crippen LogP contribution in [-0.2, 0) is 6.54 Å². The molecule has 0 amide bonds. The van der Waals surface area contributed by atoms with E-state index in [1.54, 1.807) is 11.3 Å². The van der Waals surface area contributed by atoms with Crippen molar-refractivity contribution in [2.24, 2.45) is 0 Å². The molecule has 0 atom stereocenters. The third kappa shape index (κ3) is 3.37. The molecule has 1 aromatic heterocycles. The van der Waals surface area contributed by atoms with Crippen LogP contribution in [0.15, 0.2) is 40.2 Å². The fourth-order valence-electron chi connectivity index (χ4n) is 1.92. The van der Waals surface area contributed by atoms with Gasteiger partial charge in [0.2, 0.25) is 0 Å². The first-order chi connectivity index (χ1) is 9.11. The van der Waals surface area contributed by atoms with Crippen molar-refractivity contribution in [3.8, 4) is 6.07 Å². The normalized spacial score (nSPS) is 10.5. The first-order valence-corrected chi connectivity index (χ1v) is 7.77. The van der Waals surface area contributed by atoms with E-state index < -0.39 is 0 Å². The van der Waals surface area contributed by atoms with E-state index in [1.165, 1.54) is 4.88 Å². The van der Waals surface area contributed by atoms with Gasteiger partial charge in [-0.05, 0) is 59.4 Å². The lowest BCUT2D eigenvalue weighted by molar-refractivity contribution is 0.687. The second-order valence-electron chi connectivity index (χ2n) is 4.58. The van der Waals surface area contributed by atoms with E-state index in [1.807, 2.05) is 18.2 Å². The number of halogens is 1. The Bertz CT molecular complexity index is 585. The average molecular weight is 335 g/mol. The molecule has 0 saturated heterocycles. The van der Waals surface area contributed by atoms with Crippen LogP contribution >= 0.6 is 27.3 Å². The largest absolute Gasteiger partial charge is 0.364 e. The molecular formula is C15H15BrN2S. The molecule has 0 unspecified atom stereocenters. The molecule has 0 N–H and O–H groups in total. The van der Waals surface area contributed by atoms with Crippen LogP contribution in [0.3, 0.4) is 0 Å². The number of hydrogen-bond donors (Lipinski definition) is 0. The van der Waals surface area contributed by atoms with Crippen molar-refractivity contribution in [3.63, 3.8) is 0 Å². The van der Waals surface area contributed by atoms with E-state index in [4.69, 9.17) is 5.26 Å². The van der Waals surface area contributed by atoms with Gasteiger partial charge >= 0.3 is 0 Å². The summed E-state index contributed by atoms with van der Waals surface area (Å²) in [6, 6.07) is 12.7. The monoisotopic (exact) mass is 334 g/mol. The van der Waals surface area contributed by atoms with Gasteiger partial charge in [0.05, 0.1) is 12.1 Å². The molecule has 0 saturated carbocycles. The van der Waals surface area contributed by atoms with Crippen LogP contribution in [0, 0.1) is 11.3 Å². The molecule has 0 bridgehead atoms. The second kappa shape index (κ2) is 6.23. The van der Waals surface area contributed by atoms with Gasteiger partial charge < -0.3 is 4.90 Å². The molecular weight excluding hydrogens is 320 g/mol. The highest BCUT2D eigenvalue weighted by Gasteiger charge is 2.13. The molecule has 98 valence electrons. The summed E-state index contributed by atoms with van der Waals surface area (Å²) in [7, 11) is 0. The quantitative estimate of drug-likeness (QED) is 0.803. The van der Waals surface area contributed by atoms with E-state index in [-0.39, 0.29) is 0 Å². The molecule has 2 nitrogen and oxygen atoms in total. The fourth-order valence-corrected chi connectivity index (χ4v) is 3.07. The van der Waals surface area contributed by atoms with Crippen molar-refractivity contribution in [1.82, 2.24) is 0 Å². The number of thiophene rings is 1. The van der Waals surface area contributed by atoms with E-state index >= 15 is 0 Å². The third-order valence-corrected chi connectivity index (χ3v) is 4.45.